The van der Waals surface area contributed by atoms with Gasteiger partial charge in [0.05, 0.1) is 2.74 Å². The number of nitrogens with zero attached hydrogens (tertiary/aromatic N) is 6. The van der Waals surface area contributed by atoms with E-state index in [0.717, 1.165) is 0 Å². The number of hydrogen-bond acceptors (Lipinski definition) is 4. The van der Waals surface area contributed by atoms with Gasteiger partial charge < -0.3 is 9.13 Å². The van der Waals surface area contributed by atoms with Crippen molar-refractivity contribution in [3.8, 4) is 0 Å². The zero-order valence-electron chi connectivity index (χ0n) is 13.0. The Morgan fingerprint density at radius 1 is 0.944 bits per heavy atom. The quantitative estimate of drug-likeness (QED) is 0.781. The number of hydrogen-bond donors (Lipinski definition) is 0. The van der Waals surface area contributed by atoms with Crippen LogP contribution in [0.2, 0.25) is 0 Å². The molecule has 0 spiro atoms. The van der Waals surface area contributed by atoms with Crippen molar-refractivity contribution in [2.45, 2.75) is 12.3 Å². The van der Waals surface area contributed by atoms with E-state index in [0.29, 0.717) is 11.6 Å². The van der Waals surface area contributed by atoms with Gasteiger partial charge in [0.25, 0.3) is 0 Å². The van der Waals surface area contributed by atoms with Gasteiger partial charge in [-0.3, -0.25) is 9.80 Å². The fraction of sp³-hybridized carbons (Fsp3) is 0.500. The molecule has 0 fully saturated rings. The molecule has 1 aliphatic rings. The lowest BCUT2D eigenvalue weighted by molar-refractivity contribution is 0.158. The molecule has 18 heavy (non-hydrogen) atoms. The van der Waals surface area contributed by atoms with Gasteiger partial charge in [-0.1, -0.05) is 0 Å². The molecular weight excluding hydrogens is 228 g/mol. The SMILES string of the molecule is [2H]C1(N(C)C)c2nccn2C([2H])(N(C)C)c2nccn21. The van der Waals surface area contributed by atoms with Crippen LogP contribution in [0.25, 0.3) is 0 Å². The summed E-state index contributed by atoms with van der Waals surface area (Å²) in [4.78, 5) is 12.2. The number of aromatic nitrogens is 4. The second kappa shape index (κ2) is 3.93. The molecule has 0 saturated carbocycles. The summed E-state index contributed by atoms with van der Waals surface area (Å²) in [6.45, 7) is 0. The van der Waals surface area contributed by atoms with Crippen LogP contribution in [0.1, 0.15) is 26.7 Å². The number of rotatable bonds is 2. The topological polar surface area (TPSA) is 42.1 Å². The standard InChI is InChI=1S/C12H18N6/c1-15(2)11-9-13-6-8-18(9)12(16(3)4)10-14-5-7-17(10)11/h5-8,11-12H,1-4H3/i11D,12D. The van der Waals surface area contributed by atoms with Crippen molar-refractivity contribution in [2.24, 2.45) is 0 Å². The molecule has 0 aliphatic carbocycles. The van der Waals surface area contributed by atoms with Crippen LogP contribution >= 0.6 is 0 Å². The van der Waals surface area contributed by atoms with Gasteiger partial charge in [-0.2, -0.15) is 0 Å². The Hall–Kier alpha value is -1.66. The first-order chi connectivity index (χ1) is 9.34. The molecule has 1 aliphatic heterocycles. The molecule has 0 aromatic carbocycles. The van der Waals surface area contributed by atoms with Crippen molar-refractivity contribution in [1.29, 1.82) is 0 Å². The average molecular weight is 248 g/mol. The third kappa shape index (κ3) is 1.42. The highest BCUT2D eigenvalue weighted by atomic mass is 15.4. The smallest absolute Gasteiger partial charge is 0.148 e. The normalized spacial score (nSPS) is 32.1. The van der Waals surface area contributed by atoms with Gasteiger partial charge in [0, 0.05) is 24.8 Å². The van der Waals surface area contributed by atoms with Gasteiger partial charge in [0.15, 0.2) is 0 Å². The Kier molecular flexibility index (Phi) is 2.03. The Bertz CT molecular complexity index is 551. The third-order valence-electron chi connectivity index (χ3n) is 2.99. The van der Waals surface area contributed by atoms with E-state index < -0.39 is 12.3 Å². The molecule has 6 heteroatoms. The molecule has 3 rings (SSSR count). The van der Waals surface area contributed by atoms with Crippen LogP contribution < -0.4 is 0 Å². The van der Waals surface area contributed by atoms with E-state index >= 15 is 0 Å². The van der Waals surface area contributed by atoms with Crippen molar-refractivity contribution in [3.63, 3.8) is 0 Å². The molecule has 0 bridgehead atoms. The Morgan fingerprint density at radius 3 is 1.67 bits per heavy atom. The average Bonchev–Trinajstić information content (AvgIpc) is 3.04. The maximum Gasteiger partial charge on any atom is 0.148 e. The van der Waals surface area contributed by atoms with Crippen molar-refractivity contribution in [2.75, 3.05) is 28.2 Å². The summed E-state index contributed by atoms with van der Waals surface area (Å²) >= 11 is 0. The van der Waals surface area contributed by atoms with Crippen LogP contribution in [0.4, 0.5) is 0 Å². The summed E-state index contributed by atoms with van der Waals surface area (Å²) in [5, 5.41) is 0. The molecule has 96 valence electrons. The molecular formula is C12H18N6. The van der Waals surface area contributed by atoms with E-state index in [1.807, 2.05) is 28.2 Å². The van der Waals surface area contributed by atoms with Crippen LogP contribution in [-0.2, 0) is 0 Å². The van der Waals surface area contributed by atoms with Gasteiger partial charge in [-0.25, -0.2) is 9.97 Å². The summed E-state index contributed by atoms with van der Waals surface area (Å²) in [5.41, 5.74) is 0. The van der Waals surface area contributed by atoms with Crippen molar-refractivity contribution < 1.29 is 2.74 Å². The Morgan fingerprint density at radius 2 is 1.33 bits per heavy atom. The first kappa shape index (κ1) is 9.29. The van der Waals surface area contributed by atoms with Gasteiger partial charge in [-0.05, 0) is 28.2 Å². The summed E-state index contributed by atoms with van der Waals surface area (Å²) in [6, 6.07) is 0. The maximum absolute atomic E-state index is 8.85. The van der Waals surface area contributed by atoms with Crippen molar-refractivity contribution in [3.05, 3.63) is 36.4 Å². The summed E-state index contributed by atoms with van der Waals surface area (Å²) in [6.07, 6.45) is 4.29. The molecule has 6 nitrogen and oxygen atoms in total. The highest BCUT2D eigenvalue weighted by Crippen LogP contribution is 2.33. The summed E-state index contributed by atoms with van der Waals surface area (Å²) in [7, 11) is 7.29. The van der Waals surface area contributed by atoms with E-state index in [4.69, 9.17) is 2.74 Å². The lowest BCUT2D eigenvalue weighted by Crippen LogP contribution is -2.41. The van der Waals surface area contributed by atoms with Crippen molar-refractivity contribution >= 4 is 0 Å². The van der Waals surface area contributed by atoms with Crippen molar-refractivity contribution in [1.82, 2.24) is 28.9 Å². The second-order valence-electron chi connectivity index (χ2n) is 4.68. The molecule has 2 atom stereocenters. The fourth-order valence-corrected chi connectivity index (χ4v) is 2.33. The Labute approximate surface area is 109 Å². The third-order valence-corrected chi connectivity index (χ3v) is 2.99. The summed E-state index contributed by atoms with van der Waals surface area (Å²) in [5.74, 6) is 0.994. The van der Waals surface area contributed by atoms with E-state index in [9.17, 15) is 0 Å². The predicted molar refractivity (Wildman–Crippen MR) is 68.1 cm³/mol. The predicted octanol–water partition coefficient (Wildman–Crippen LogP) is 0.610. The molecule has 2 aromatic rings. The fourth-order valence-electron chi connectivity index (χ4n) is 2.33. The summed E-state index contributed by atoms with van der Waals surface area (Å²) < 4.78 is 21.1. The van der Waals surface area contributed by atoms with Gasteiger partial charge >= 0.3 is 0 Å². The first-order valence-electron chi connectivity index (χ1n) is 6.78. The minimum Gasteiger partial charge on any atom is -0.308 e. The Balaban J connectivity index is 2.38. The van der Waals surface area contributed by atoms with E-state index in [-0.39, 0.29) is 0 Å². The van der Waals surface area contributed by atoms with Crippen LogP contribution in [-0.4, -0.2) is 57.1 Å². The number of fused-ring (bicyclic) bond motifs is 2. The largest absolute Gasteiger partial charge is 0.308 e. The van der Waals surface area contributed by atoms with Gasteiger partial charge in [-0.15, -0.1) is 0 Å². The van der Waals surface area contributed by atoms with Crippen LogP contribution in [0.3, 0.4) is 0 Å². The van der Waals surface area contributed by atoms with Crippen LogP contribution in [0, 0.1) is 0 Å². The van der Waals surface area contributed by atoms with E-state index in [2.05, 4.69) is 9.97 Å². The monoisotopic (exact) mass is 248 g/mol. The highest BCUT2D eigenvalue weighted by molar-refractivity contribution is 5.16. The second-order valence-corrected chi connectivity index (χ2v) is 4.68. The van der Waals surface area contributed by atoms with E-state index in [1.54, 1.807) is 43.7 Å². The molecule has 2 aromatic heterocycles. The van der Waals surface area contributed by atoms with Gasteiger partial charge in [0.1, 0.15) is 23.9 Å². The zero-order chi connectivity index (χ0) is 14.7. The minimum atomic E-state index is -1.21. The van der Waals surface area contributed by atoms with Crippen LogP contribution in [0.15, 0.2) is 24.8 Å². The molecule has 3 heterocycles. The maximum atomic E-state index is 8.85. The van der Waals surface area contributed by atoms with Gasteiger partial charge in [0.2, 0.25) is 0 Å². The lowest BCUT2D eigenvalue weighted by Gasteiger charge is -2.37. The highest BCUT2D eigenvalue weighted by Gasteiger charge is 2.35. The minimum absolute atomic E-state index is 0.497. The molecule has 0 N–H and O–H groups in total. The molecule has 2 unspecified atom stereocenters. The molecule has 0 radical (unpaired) electrons. The molecule has 0 amide bonds. The van der Waals surface area contributed by atoms with Crippen LogP contribution in [0.5, 0.6) is 0 Å². The first-order valence-corrected chi connectivity index (χ1v) is 5.78. The molecule has 0 saturated heterocycles. The lowest BCUT2D eigenvalue weighted by atomic mass is 10.2. The van der Waals surface area contributed by atoms with E-state index in [1.165, 1.54) is 0 Å². The number of imidazole rings is 2. The zero-order valence-corrected chi connectivity index (χ0v) is 11.0.